The van der Waals surface area contributed by atoms with Gasteiger partial charge in [-0.2, -0.15) is 0 Å². The molecule has 1 aromatic carbocycles. The standard InChI is InChI=1S/C15H23BrO/c1-11-9-12(7-6-8-16)14(17-5)13(10-11)15(2,3)4/h9-10H,6-8H2,1-5H3. The molecule has 1 rings (SSSR count). The summed E-state index contributed by atoms with van der Waals surface area (Å²) in [6.07, 6.45) is 2.21. The van der Waals surface area contributed by atoms with Gasteiger partial charge in [-0.05, 0) is 30.7 Å². The molecular weight excluding hydrogens is 276 g/mol. The topological polar surface area (TPSA) is 9.23 Å². The molecule has 96 valence electrons. The minimum Gasteiger partial charge on any atom is -0.496 e. The Balaban J connectivity index is 3.25. The molecule has 0 aliphatic rings. The predicted molar refractivity (Wildman–Crippen MR) is 78.5 cm³/mol. The summed E-state index contributed by atoms with van der Waals surface area (Å²) in [6.45, 7) is 8.86. The quantitative estimate of drug-likeness (QED) is 0.737. The van der Waals surface area contributed by atoms with Gasteiger partial charge in [-0.15, -0.1) is 0 Å². The van der Waals surface area contributed by atoms with E-state index in [9.17, 15) is 0 Å². The molecule has 17 heavy (non-hydrogen) atoms. The van der Waals surface area contributed by atoms with Crippen molar-refractivity contribution in [3.63, 3.8) is 0 Å². The minimum absolute atomic E-state index is 0.126. The van der Waals surface area contributed by atoms with Gasteiger partial charge in [-0.3, -0.25) is 0 Å². The fraction of sp³-hybridized carbons (Fsp3) is 0.600. The highest BCUT2D eigenvalue weighted by atomic mass is 79.9. The fourth-order valence-corrected chi connectivity index (χ4v) is 2.37. The molecule has 0 aliphatic carbocycles. The van der Waals surface area contributed by atoms with Crippen molar-refractivity contribution in [2.75, 3.05) is 12.4 Å². The lowest BCUT2D eigenvalue weighted by Gasteiger charge is -2.25. The van der Waals surface area contributed by atoms with Crippen molar-refractivity contribution in [2.45, 2.75) is 46.0 Å². The highest BCUT2D eigenvalue weighted by Gasteiger charge is 2.21. The lowest BCUT2D eigenvalue weighted by Crippen LogP contribution is -2.14. The van der Waals surface area contributed by atoms with Crippen molar-refractivity contribution in [1.82, 2.24) is 0 Å². The summed E-state index contributed by atoms with van der Waals surface area (Å²) in [5, 5.41) is 1.04. The first-order valence-corrected chi connectivity index (χ1v) is 7.26. The number of ether oxygens (including phenoxy) is 1. The summed E-state index contributed by atoms with van der Waals surface area (Å²) in [7, 11) is 1.78. The first-order valence-electron chi connectivity index (χ1n) is 6.14. The van der Waals surface area contributed by atoms with Crippen LogP contribution in [0.1, 0.15) is 43.9 Å². The number of aryl methyl sites for hydroxylation is 2. The first kappa shape index (κ1) is 14.6. The van der Waals surface area contributed by atoms with Crippen LogP contribution in [0.3, 0.4) is 0 Å². The van der Waals surface area contributed by atoms with E-state index in [1.54, 1.807) is 7.11 Å². The third-order valence-corrected chi connectivity index (χ3v) is 3.46. The van der Waals surface area contributed by atoms with E-state index in [0.29, 0.717) is 0 Å². The van der Waals surface area contributed by atoms with Crippen molar-refractivity contribution >= 4 is 15.9 Å². The maximum absolute atomic E-state index is 5.64. The van der Waals surface area contributed by atoms with Crippen molar-refractivity contribution in [1.29, 1.82) is 0 Å². The van der Waals surface area contributed by atoms with Crippen molar-refractivity contribution in [2.24, 2.45) is 0 Å². The van der Waals surface area contributed by atoms with Crippen LogP contribution in [0, 0.1) is 6.92 Å². The number of alkyl halides is 1. The second-order valence-corrected chi connectivity index (χ2v) is 6.34. The number of benzene rings is 1. The van der Waals surface area contributed by atoms with Crippen LogP contribution in [0.4, 0.5) is 0 Å². The molecular formula is C15H23BrO. The van der Waals surface area contributed by atoms with Crippen molar-refractivity contribution < 1.29 is 4.74 Å². The van der Waals surface area contributed by atoms with Gasteiger partial charge in [0.25, 0.3) is 0 Å². The maximum Gasteiger partial charge on any atom is 0.125 e. The third-order valence-electron chi connectivity index (χ3n) is 2.90. The van der Waals surface area contributed by atoms with Crippen LogP contribution in [0.25, 0.3) is 0 Å². The van der Waals surface area contributed by atoms with Crippen LogP contribution < -0.4 is 4.74 Å². The third kappa shape index (κ3) is 3.74. The number of methoxy groups -OCH3 is 1. The molecule has 0 saturated carbocycles. The van der Waals surface area contributed by atoms with Gasteiger partial charge in [-0.25, -0.2) is 0 Å². The summed E-state index contributed by atoms with van der Waals surface area (Å²) < 4.78 is 5.64. The minimum atomic E-state index is 0.126. The summed E-state index contributed by atoms with van der Waals surface area (Å²) >= 11 is 3.49. The van der Waals surface area contributed by atoms with Gasteiger partial charge in [0.15, 0.2) is 0 Å². The Morgan fingerprint density at radius 3 is 2.35 bits per heavy atom. The number of halogens is 1. The fourth-order valence-electron chi connectivity index (χ4n) is 2.09. The Hall–Kier alpha value is -0.500. The lowest BCUT2D eigenvalue weighted by molar-refractivity contribution is 0.392. The Bertz CT molecular complexity index is 377. The van der Waals surface area contributed by atoms with Gasteiger partial charge >= 0.3 is 0 Å². The zero-order valence-corrected chi connectivity index (χ0v) is 13.1. The first-order chi connectivity index (χ1) is 7.90. The summed E-state index contributed by atoms with van der Waals surface area (Å²) in [5.41, 5.74) is 4.09. The molecule has 0 amide bonds. The van der Waals surface area contributed by atoms with Gasteiger partial charge in [0.2, 0.25) is 0 Å². The summed E-state index contributed by atoms with van der Waals surface area (Å²) in [6, 6.07) is 4.49. The summed E-state index contributed by atoms with van der Waals surface area (Å²) in [5.74, 6) is 1.07. The number of hydrogen-bond donors (Lipinski definition) is 0. The van der Waals surface area contributed by atoms with Crippen LogP contribution in [0.5, 0.6) is 5.75 Å². The zero-order valence-electron chi connectivity index (χ0n) is 11.6. The van der Waals surface area contributed by atoms with Gasteiger partial charge in [-0.1, -0.05) is 54.4 Å². The van der Waals surface area contributed by atoms with Gasteiger partial charge in [0.05, 0.1) is 7.11 Å². The van der Waals surface area contributed by atoms with E-state index in [0.717, 1.165) is 23.9 Å². The second kappa shape index (κ2) is 5.90. The molecule has 0 N–H and O–H groups in total. The average Bonchev–Trinajstić information content (AvgIpc) is 2.24. The Morgan fingerprint density at radius 1 is 1.24 bits per heavy atom. The molecule has 1 nitrogen and oxygen atoms in total. The highest BCUT2D eigenvalue weighted by molar-refractivity contribution is 9.09. The van der Waals surface area contributed by atoms with E-state index in [1.165, 1.54) is 16.7 Å². The lowest BCUT2D eigenvalue weighted by atomic mass is 9.83. The van der Waals surface area contributed by atoms with Gasteiger partial charge in [0, 0.05) is 10.9 Å². The monoisotopic (exact) mass is 298 g/mol. The molecule has 0 aliphatic heterocycles. The highest BCUT2D eigenvalue weighted by Crippen LogP contribution is 2.35. The average molecular weight is 299 g/mol. The molecule has 0 aromatic heterocycles. The Labute approximate surface area is 114 Å². The van der Waals surface area contributed by atoms with Crippen molar-refractivity contribution in [3.8, 4) is 5.75 Å². The summed E-state index contributed by atoms with van der Waals surface area (Å²) in [4.78, 5) is 0. The van der Waals surface area contributed by atoms with Crippen LogP contribution in [0.2, 0.25) is 0 Å². The molecule has 0 atom stereocenters. The van der Waals surface area contributed by atoms with Crippen molar-refractivity contribution in [3.05, 3.63) is 28.8 Å². The number of rotatable bonds is 4. The van der Waals surface area contributed by atoms with E-state index in [4.69, 9.17) is 4.74 Å². The van der Waals surface area contributed by atoms with E-state index in [-0.39, 0.29) is 5.41 Å². The van der Waals surface area contributed by atoms with Crippen LogP contribution in [0.15, 0.2) is 12.1 Å². The van der Waals surface area contributed by atoms with E-state index < -0.39 is 0 Å². The zero-order chi connectivity index (χ0) is 13.1. The predicted octanol–water partition coefficient (Wildman–Crippen LogP) is 4.63. The molecule has 2 heteroatoms. The van der Waals surface area contributed by atoms with Crippen LogP contribution >= 0.6 is 15.9 Å². The smallest absolute Gasteiger partial charge is 0.125 e. The number of hydrogen-bond acceptors (Lipinski definition) is 1. The largest absolute Gasteiger partial charge is 0.496 e. The molecule has 0 radical (unpaired) electrons. The van der Waals surface area contributed by atoms with E-state index >= 15 is 0 Å². The van der Waals surface area contributed by atoms with Crippen LogP contribution in [-0.4, -0.2) is 12.4 Å². The SMILES string of the molecule is COc1c(CCCBr)cc(C)cc1C(C)(C)C. The van der Waals surface area contributed by atoms with E-state index in [2.05, 4.69) is 55.8 Å². The second-order valence-electron chi connectivity index (χ2n) is 5.55. The van der Waals surface area contributed by atoms with Crippen LogP contribution in [-0.2, 0) is 11.8 Å². The normalized spacial score (nSPS) is 11.6. The van der Waals surface area contributed by atoms with Gasteiger partial charge < -0.3 is 4.74 Å². The molecule has 0 bridgehead atoms. The molecule has 0 saturated heterocycles. The molecule has 0 unspecified atom stereocenters. The maximum atomic E-state index is 5.64. The molecule has 1 aromatic rings. The Kier molecular flexibility index (Phi) is 5.05. The van der Waals surface area contributed by atoms with Gasteiger partial charge in [0.1, 0.15) is 5.75 Å². The molecule has 0 heterocycles. The Morgan fingerprint density at radius 2 is 1.88 bits per heavy atom. The van der Waals surface area contributed by atoms with E-state index in [1.807, 2.05) is 0 Å². The molecule has 0 spiro atoms. The molecule has 0 fully saturated rings.